The van der Waals surface area contributed by atoms with Crippen LogP contribution < -0.4 is 5.32 Å². The Morgan fingerprint density at radius 3 is 2.52 bits per heavy atom. The van der Waals surface area contributed by atoms with E-state index in [1.807, 2.05) is 0 Å². The van der Waals surface area contributed by atoms with Crippen molar-refractivity contribution < 1.29 is 0 Å². The van der Waals surface area contributed by atoms with E-state index in [0.717, 1.165) is 35.5 Å². The van der Waals surface area contributed by atoms with E-state index in [2.05, 4.69) is 70.3 Å². The van der Waals surface area contributed by atoms with Gasteiger partial charge < -0.3 is 5.32 Å². The second-order valence-corrected chi connectivity index (χ2v) is 10.0. The third-order valence-corrected chi connectivity index (χ3v) is 8.33. The molecule has 7 unspecified atom stereocenters. The molecule has 152 valence electrons. The van der Waals surface area contributed by atoms with Crippen LogP contribution in [-0.4, -0.2) is 12.1 Å². The summed E-state index contributed by atoms with van der Waals surface area (Å²) in [5.74, 6) is 4.87. The van der Waals surface area contributed by atoms with Crippen LogP contribution in [0.25, 0.3) is 0 Å². The number of unbranched alkanes of at least 4 members (excludes halogenated alkanes) is 1. The van der Waals surface area contributed by atoms with Gasteiger partial charge in [-0.3, -0.25) is 0 Å². The fourth-order valence-electron chi connectivity index (χ4n) is 6.32. The quantitative estimate of drug-likeness (QED) is 0.518. The molecule has 1 heterocycles. The molecule has 1 saturated carbocycles. The molecule has 1 heteroatoms. The molecular weight excluding hydrogens is 326 g/mol. The van der Waals surface area contributed by atoms with Gasteiger partial charge in [0.1, 0.15) is 0 Å². The van der Waals surface area contributed by atoms with Crippen molar-refractivity contribution in [2.24, 2.45) is 29.6 Å². The molecule has 1 aliphatic carbocycles. The van der Waals surface area contributed by atoms with E-state index in [1.165, 1.54) is 51.5 Å². The fraction of sp³-hybridized carbons (Fsp3) is 0.769. The average molecular weight is 370 g/mol. The van der Waals surface area contributed by atoms with Gasteiger partial charge in [0.15, 0.2) is 0 Å². The SMILES string of the molecule is CCCCC(C)C(C)CC12CC(C(C)CN1)C(c1ccccc1)CC2CC. The first kappa shape index (κ1) is 20.9. The van der Waals surface area contributed by atoms with Crippen LogP contribution in [-0.2, 0) is 0 Å². The molecular formula is C26H43N. The monoisotopic (exact) mass is 369 g/mol. The minimum Gasteiger partial charge on any atom is -0.311 e. The fourth-order valence-corrected chi connectivity index (χ4v) is 6.32. The minimum atomic E-state index is 0.386. The van der Waals surface area contributed by atoms with Crippen LogP contribution in [0.2, 0.25) is 0 Å². The molecule has 27 heavy (non-hydrogen) atoms. The molecule has 1 aliphatic heterocycles. The summed E-state index contributed by atoms with van der Waals surface area (Å²) in [5.41, 5.74) is 1.98. The zero-order valence-electron chi connectivity index (χ0n) is 18.5. The molecule has 0 radical (unpaired) electrons. The van der Waals surface area contributed by atoms with Crippen molar-refractivity contribution in [2.75, 3.05) is 6.54 Å². The number of benzene rings is 1. The lowest BCUT2D eigenvalue weighted by molar-refractivity contribution is -0.00315. The van der Waals surface area contributed by atoms with Crippen LogP contribution in [0.15, 0.2) is 30.3 Å². The van der Waals surface area contributed by atoms with E-state index in [0.29, 0.717) is 5.54 Å². The van der Waals surface area contributed by atoms with Crippen molar-refractivity contribution in [1.29, 1.82) is 0 Å². The van der Waals surface area contributed by atoms with Gasteiger partial charge in [0.25, 0.3) is 0 Å². The van der Waals surface area contributed by atoms with Crippen LogP contribution in [0.5, 0.6) is 0 Å². The van der Waals surface area contributed by atoms with Gasteiger partial charge in [0.2, 0.25) is 0 Å². The topological polar surface area (TPSA) is 12.0 Å². The summed E-state index contributed by atoms with van der Waals surface area (Å²) in [6.45, 7) is 13.5. The molecule has 3 rings (SSSR count). The molecule has 1 nitrogen and oxygen atoms in total. The van der Waals surface area contributed by atoms with Crippen LogP contribution in [0.3, 0.4) is 0 Å². The molecule has 2 fully saturated rings. The highest BCUT2D eigenvalue weighted by atomic mass is 15.0. The van der Waals surface area contributed by atoms with E-state index < -0.39 is 0 Å². The first-order valence-electron chi connectivity index (χ1n) is 11.8. The summed E-state index contributed by atoms with van der Waals surface area (Å²) < 4.78 is 0. The predicted molar refractivity (Wildman–Crippen MR) is 118 cm³/mol. The molecule has 0 aromatic heterocycles. The number of piperidine rings is 1. The maximum atomic E-state index is 4.13. The third-order valence-electron chi connectivity index (χ3n) is 8.33. The number of rotatable bonds is 8. The second kappa shape index (κ2) is 9.12. The predicted octanol–water partition coefficient (Wildman–Crippen LogP) is 7.04. The normalized spacial score (nSPS) is 35.6. The zero-order chi connectivity index (χ0) is 19.4. The summed E-state index contributed by atoms with van der Waals surface area (Å²) in [6, 6.07) is 11.4. The maximum Gasteiger partial charge on any atom is 0.0215 e. The molecule has 7 atom stereocenters. The third kappa shape index (κ3) is 4.44. The second-order valence-electron chi connectivity index (χ2n) is 10.0. The zero-order valence-corrected chi connectivity index (χ0v) is 18.5. The highest BCUT2D eigenvalue weighted by Gasteiger charge is 2.51. The van der Waals surface area contributed by atoms with Crippen molar-refractivity contribution in [2.45, 2.75) is 91.0 Å². The standard InChI is InChI=1S/C26H43N/c1-6-8-12-19(3)20(4)16-26-17-25(21(5)18-27-26)24(15-23(26)7-2)22-13-10-9-11-14-22/h9-11,13-14,19-21,23-25,27H,6-8,12,15-18H2,1-5H3. The highest BCUT2D eigenvalue weighted by Crippen LogP contribution is 2.54. The Labute approximate surface area is 168 Å². The smallest absolute Gasteiger partial charge is 0.0215 e. The van der Waals surface area contributed by atoms with Gasteiger partial charge in [0.05, 0.1) is 0 Å². The summed E-state index contributed by atoms with van der Waals surface area (Å²) in [4.78, 5) is 0. The van der Waals surface area contributed by atoms with E-state index in [4.69, 9.17) is 0 Å². The number of hydrogen-bond acceptors (Lipinski definition) is 1. The minimum absolute atomic E-state index is 0.386. The van der Waals surface area contributed by atoms with Crippen molar-refractivity contribution >= 4 is 0 Å². The Hall–Kier alpha value is -0.820. The Bertz CT molecular complexity index is 567. The van der Waals surface area contributed by atoms with Crippen molar-refractivity contribution in [3.63, 3.8) is 0 Å². The number of hydrogen-bond donors (Lipinski definition) is 1. The van der Waals surface area contributed by atoms with Gasteiger partial charge in [-0.1, -0.05) is 90.6 Å². The average Bonchev–Trinajstić information content (AvgIpc) is 2.69. The Balaban J connectivity index is 1.80. The lowest BCUT2D eigenvalue weighted by Crippen LogP contribution is -2.63. The lowest BCUT2D eigenvalue weighted by Gasteiger charge is -2.57. The summed E-state index contributed by atoms with van der Waals surface area (Å²) >= 11 is 0. The number of nitrogens with one attached hydrogen (secondary N) is 1. The molecule has 0 spiro atoms. The first-order valence-corrected chi connectivity index (χ1v) is 11.8. The largest absolute Gasteiger partial charge is 0.311 e. The van der Waals surface area contributed by atoms with Crippen LogP contribution >= 0.6 is 0 Å². The van der Waals surface area contributed by atoms with E-state index in [9.17, 15) is 0 Å². The van der Waals surface area contributed by atoms with Gasteiger partial charge in [-0.25, -0.2) is 0 Å². The molecule has 1 aromatic carbocycles. The molecule has 2 aliphatic rings. The van der Waals surface area contributed by atoms with Gasteiger partial charge >= 0.3 is 0 Å². The van der Waals surface area contributed by atoms with Gasteiger partial charge in [0, 0.05) is 5.54 Å². The van der Waals surface area contributed by atoms with E-state index in [-0.39, 0.29) is 0 Å². The Kier molecular flexibility index (Phi) is 7.06. The molecule has 0 amide bonds. The van der Waals surface area contributed by atoms with Gasteiger partial charge in [-0.15, -0.1) is 0 Å². The van der Waals surface area contributed by atoms with Crippen LogP contribution in [0.4, 0.5) is 0 Å². The van der Waals surface area contributed by atoms with Gasteiger partial charge in [-0.2, -0.15) is 0 Å². The summed E-state index contributed by atoms with van der Waals surface area (Å²) in [6.07, 6.45) is 9.57. The summed E-state index contributed by atoms with van der Waals surface area (Å²) in [5, 5.41) is 4.13. The van der Waals surface area contributed by atoms with Crippen molar-refractivity contribution in [3.8, 4) is 0 Å². The van der Waals surface area contributed by atoms with E-state index in [1.54, 1.807) is 5.56 Å². The highest BCUT2D eigenvalue weighted by molar-refractivity contribution is 5.24. The lowest BCUT2D eigenvalue weighted by atomic mass is 9.54. The molecule has 1 aromatic rings. The summed E-state index contributed by atoms with van der Waals surface area (Å²) in [7, 11) is 0. The van der Waals surface area contributed by atoms with Gasteiger partial charge in [-0.05, 0) is 66.9 Å². The molecule has 2 bridgehead atoms. The van der Waals surface area contributed by atoms with Crippen LogP contribution in [0.1, 0.15) is 91.0 Å². The molecule has 1 saturated heterocycles. The molecule has 1 N–H and O–H groups in total. The number of fused-ring (bicyclic) bond motifs is 2. The maximum absolute atomic E-state index is 4.13. The van der Waals surface area contributed by atoms with Crippen LogP contribution in [0, 0.1) is 29.6 Å². The van der Waals surface area contributed by atoms with Crippen molar-refractivity contribution in [1.82, 2.24) is 5.32 Å². The van der Waals surface area contributed by atoms with Crippen molar-refractivity contribution in [3.05, 3.63) is 35.9 Å². The first-order chi connectivity index (χ1) is 13.0. The Morgan fingerprint density at radius 1 is 1.11 bits per heavy atom. The van der Waals surface area contributed by atoms with E-state index >= 15 is 0 Å². The Morgan fingerprint density at radius 2 is 1.85 bits per heavy atom.